The van der Waals surface area contributed by atoms with Gasteiger partial charge in [-0.05, 0) is 119 Å². The van der Waals surface area contributed by atoms with Gasteiger partial charge >= 0.3 is 11.9 Å². The van der Waals surface area contributed by atoms with E-state index in [4.69, 9.17) is 67.2 Å². The largest absolute Gasteiger partial charge is 0.480 e. The molecule has 31 nitrogen and oxygen atoms in total. The fourth-order valence-corrected chi connectivity index (χ4v) is 10.1. The van der Waals surface area contributed by atoms with Gasteiger partial charge in [-0.2, -0.15) is 0 Å². The first kappa shape index (κ1) is 111. The molecule has 0 fully saturated rings. The molecule has 0 saturated heterocycles. The third kappa shape index (κ3) is 53.8. The van der Waals surface area contributed by atoms with Crippen LogP contribution in [0.3, 0.4) is 0 Å². The summed E-state index contributed by atoms with van der Waals surface area (Å²) >= 11 is 0. The van der Waals surface area contributed by atoms with Crippen LogP contribution in [0.5, 0.6) is 0 Å². The quantitative estimate of drug-likeness (QED) is 0.0424. The number of hydrogen-bond donors (Lipinski definition) is 16. The minimum Gasteiger partial charge on any atom is -0.480 e. The Morgan fingerprint density at radius 2 is 0.918 bits per heavy atom. The van der Waals surface area contributed by atoms with E-state index < -0.39 is 102 Å². The first-order chi connectivity index (χ1) is 51.4. The van der Waals surface area contributed by atoms with Crippen LogP contribution in [0.2, 0.25) is 0 Å². The maximum atomic E-state index is 12.9. The fraction of sp³-hybridized carbons (Fsp3) is 0.671. The van der Waals surface area contributed by atoms with Crippen LogP contribution in [0, 0.1) is 41.4 Å². The molecule has 110 heavy (non-hydrogen) atoms. The Kier molecular flexibility index (Phi) is 65.0. The SMILES string of the molecule is C=O.CC(=O)C(CC(=O)C(Cc1ccccc1)NC(=O)C(N)CN)CC(C)C.CC(=O)C(CC(C)C)NC(=O)C(N)C(N)c1ccccc1.CCC(CCC(=O)C(N)CN)CC(C)C.CCC(N)C(=O)CCC(C)=O.CCC(N)C(=O)NCC(=O)NC(C(=O)O)C(C)CC.COC(=O)C(CC(C)C)NC(=O)C(N)CN. The van der Waals surface area contributed by atoms with Crippen LogP contribution in [0.15, 0.2) is 60.7 Å². The predicted octanol–water partition coefficient (Wildman–Crippen LogP) is 2.95. The summed E-state index contributed by atoms with van der Waals surface area (Å²) in [6.45, 7) is 32.2. The molecule has 5 amide bonds. The van der Waals surface area contributed by atoms with E-state index in [2.05, 4.69) is 52.1 Å². The van der Waals surface area contributed by atoms with Crippen LogP contribution in [0.25, 0.3) is 0 Å². The summed E-state index contributed by atoms with van der Waals surface area (Å²) in [4.78, 5) is 158. The molecule has 0 aliphatic rings. The highest BCUT2D eigenvalue weighted by molar-refractivity contribution is 5.94. The molecule has 14 unspecified atom stereocenters. The van der Waals surface area contributed by atoms with Crippen molar-refractivity contribution in [3.05, 3.63) is 71.8 Å². The van der Waals surface area contributed by atoms with Crippen molar-refractivity contribution in [3.8, 4) is 0 Å². The molecule has 0 spiro atoms. The Balaban J connectivity index is -0.000000406. The van der Waals surface area contributed by atoms with Crippen LogP contribution < -0.4 is 83.9 Å². The molecule has 26 N–H and O–H groups in total. The van der Waals surface area contributed by atoms with Crippen molar-refractivity contribution in [3.63, 3.8) is 0 Å². The van der Waals surface area contributed by atoms with E-state index in [1.807, 2.05) is 123 Å². The number of methoxy groups -OCH3 is 1. The number of carbonyl (C=O) groups excluding carboxylic acids is 13. The molecule has 0 aromatic heterocycles. The van der Waals surface area contributed by atoms with Crippen LogP contribution in [-0.2, 0) is 78.3 Å². The number of carboxylic acid groups (broad SMARTS) is 1. The number of nitrogens with one attached hydrogen (secondary N) is 5. The number of ketones is 6. The zero-order chi connectivity index (χ0) is 86.1. The summed E-state index contributed by atoms with van der Waals surface area (Å²) in [5, 5.41) is 21.7. The Morgan fingerprint density at radius 1 is 0.473 bits per heavy atom. The normalized spacial score (nSPS) is 14.5. The van der Waals surface area contributed by atoms with E-state index in [0.717, 1.165) is 24.0 Å². The number of nitrogens with two attached hydrogens (primary N) is 10. The fourth-order valence-electron chi connectivity index (χ4n) is 10.1. The van der Waals surface area contributed by atoms with Crippen molar-refractivity contribution in [1.82, 2.24) is 26.6 Å². The summed E-state index contributed by atoms with van der Waals surface area (Å²) in [6, 6.07) is 11.2. The zero-order valence-electron chi connectivity index (χ0n) is 68.9. The summed E-state index contributed by atoms with van der Waals surface area (Å²) in [7, 11) is 1.28. The van der Waals surface area contributed by atoms with Crippen molar-refractivity contribution in [1.29, 1.82) is 0 Å². The lowest BCUT2D eigenvalue weighted by atomic mass is 9.87. The summed E-state index contributed by atoms with van der Waals surface area (Å²) in [5.41, 5.74) is 57.3. The molecular weight excluding hydrogens is 1410 g/mol. The molecule has 0 heterocycles. The standard InChI is InChI=1S/C20H31N3O3.C16H25N3O2.C12H23N3O4.C12H26N2O.C10H21N3O3.C8H15NO2.CH2O/c1-13(2)9-16(14(3)24)11-19(25)18(23-20(26)17(22)12-21)10-15-7-5-4-6-8-15;1-10(2)9-13(11(3)20)19-16(21)15(18)14(17)12-7-5-4-6-8-12;1-4-7(3)10(12(18)19)15-9(16)6-14-11(17)8(13)5-2;1-4-10(7-9(2)3)5-6-12(15)11(14)8-13;1-6(2)4-8(10(15)16-3)13-9(14)7(12)5-11;1-3-7(9)8(11)5-4-6(2)10;1-2/h4-8,13,16-18H,9-12,21-22H2,1-3H3,(H,23,26);4-8,10,13-15H,9,17-18H2,1-3H3,(H,19,21);7-8,10H,4-6,13H2,1-3H3,(H,14,17)(H,15,16)(H,18,19);9-11H,4-8,13-14H2,1-3H3;6-8H,4-5,11-12H2,1-3H3,(H,13,14);7H,3-5,9H2,1-2H3;1H2. The van der Waals surface area contributed by atoms with Gasteiger partial charge in [0.25, 0.3) is 0 Å². The zero-order valence-corrected chi connectivity index (χ0v) is 68.9. The Hall–Kier alpha value is -7.98. The van der Waals surface area contributed by atoms with E-state index in [0.29, 0.717) is 87.9 Å². The van der Waals surface area contributed by atoms with Gasteiger partial charge in [0, 0.05) is 51.2 Å². The molecule has 0 aliphatic carbocycles. The molecule has 0 saturated carbocycles. The minimum absolute atomic E-state index is 0.00149. The van der Waals surface area contributed by atoms with Crippen molar-refractivity contribution >= 4 is 83.0 Å². The van der Waals surface area contributed by atoms with Gasteiger partial charge in [0.2, 0.25) is 29.5 Å². The third-order valence-corrected chi connectivity index (χ3v) is 17.3. The number of ether oxygens (including phenoxy) is 1. The molecule has 630 valence electrons. The van der Waals surface area contributed by atoms with Gasteiger partial charge in [-0.3, -0.25) is 47.9 Å². The van der Waals surface area contributed by atoms with E-state index in [1.54, 1.807) is 13.8 Å². The Bertz CT molecular complexity index is 2970. The maximum Gasteiger partial charge on any atom is 0.328 e. The van der Waals surface area contributed by atoms with Gasteiger partial charge in [-0.1, -0.05) is 164 Å². The Morgan fingerprint density at radius 3 is 1.32 bits per heavy atom. The molecule has 0 aliphatic heterocycles. The van der Waals surface area contributed by atoms with Crippen LogP contribution in [-0.4, -0.2) is 182 Å². The topological polar surface area (TPSA) is 589 Å². The first-order valence-corrected chi connectivity index (χ1v) is 38.0. The van der Waals surface area contributed by atoms with E-state index >= 15 is 0 Å². The maximum absolute atomic E-state index is 12.9. The third-order valence-electron chi connectivity index (χ3n) is 17.3. The van der Waals surface area contributed by atoms with Crippen molar-refractivity contribution in [2.75, 3.05) is 33.3 Å². The monoisotopic (exact) mass is 1560 g/mol. The molecule has 31 heteroatoms. The van der Waals surface area contributed by atoms with Crippen LogP contribution >= 0.6 is 0 Å². The summed E-state index contributed by atoms with van der Waals surface area (Å²) < 4.78 is 4.60. The molecule has 2 rings (SSSR count). The number of carboxylic acids is 1. The predicted molar refractivity (Wildman–Crippen MR) is 431 cm³/mol. The highest BCUT2D eigenvalue weighted by Crippen LogP contribution is 2.22. The first-order valence-electron chi connectivity index (χ1n) is 38.0. The summed E-state index contributed by atoms with van der Waals surface area (Å²) in [5.74, 6) is -2.17. The molecule has 14 atom stereocenters. The number of Topliss-reactive ketones (excluding diaryl/α,β-unsaturated/α-hetero) is 6. The van der Waals surface area contributed by atoms with E-state index in [1.165, 1.54) is 34.3 Å². The van der Waals surface area contributed by atoms with Crippen LogP contribution in [0.4, 0.5) is 0 Å². The molecular formula is C79H143N15O16. The minimum atomic E-state index is -1.08. The molecule has 2 aromatic rings. The highest BCUT2D eigenvalue weighted by atomic mass is 16.5. The number of esters is 1. The van der Waals surface area contributed by atoms with Gasteiger partial charge in [-0.15, -0.1) is 0 Å². The lowest BCUT2D eigenvalue weighted by Gasteiger charge is -2.23. The lowest BCUT2D eigenvalue weighted by molar-refractivity contribution is -0.145. The second-order valence-electron chi connectivity index (χ2n) is 29.0. The van der Waals surface area contributed by atoms with Crippen molar-refractivity contribution in [2.24, 2.45) is 98.8 Å². The van der Waals surface area contributed by atoms with Gasteiger partial charge < -0.3 is 103 Å². The second kappa shape index (κ2) is 64.7. The number of carbonyl (C=O) groups is 14. The van der Waals surface area contributed by atoms with Gasteiger partial charge in [0.1, 0.15) is 42.3 Å². The van der Waals surface area contributed by atoms with Crippen molar-refractivity contribution < 1.29 is 77.0 Å². The molecule has 0 radical (unpaired) electrons. The number of rotatable bonds is 45. The Labute approximate surface area is 654 Å². The molecule has 2 aromatic carbocycles. The average Bonchev–Trinajstić information content (AvgIpc) is 0.868. The number of hydrogen-bond acceptors (Lipinski definition) is 25. The van der Waals surface area contributed by atoms with E-state index in [9.17, 15) is 62.3 Å². The smallest absolute Gasteiger partial charge is 0.328 e. The number of aliphatic carboxylic acids is 1. The highest BCUT2D eigenvalue weighted by Gasteiger charge is 2.31. The van der Waals surface area contributed by atoms with Crippen LogP contribution in [0.1, 0.15) is 211 Å². The number of benzene rings is 2. The van der Waals surface area contributed by atoms with E-state index in [-0.39, 0.29) is 91.1 Å². The van der Waals surface area contributed by atoms with Gasteiger partial charge in [0.05, 0.1) is 62.0 Å². The van der Waals surface area contributed by atoms with Crippen molar-refractivity contribution in [2.45, 2.75) is 267 Å². The lowest BCUT2D eigenvalue weighted by Crippen LogP contribution is -2.52. The van der Waals surface area contributed by atoms with Gasteiger partial charge in [0.15, 0.2) is 17.3 Å². The molecule has 0 bridgehead atoms. The number of amides is 5. The van der Waals surface area contributed by atoms with Gasteiger partial charge in [-0.25, -0.2) is 9.59 Å². The average molecular weight is 1560 g/mol. The summed E-state index contributed by atoms with van der Waals surface area (Å²) in [6.07, 6.45) is 8.48. The second-order valence-corrected chi connectivity index (χ2v) is 29.0.